The SMILES string of the molecule is NC(O)C(O)CCO. The van der Waals surface area contributed by atoms with Crippen LogP contribution in [0.2, 0.25) is 0 Å². The Morgan fingerprint density at radius 3 is 2.00 bits per heavy atom. The fraction of sp³-hybridized carbons (Fsp3) is 1.00. The van der Waals surface area contributed by atoms with Crippen molar-refractivity contribution in [1.82, 2.24) is 0 Å². The third-order valence-electron chi connectivity index (χ3n) is 0.819. The number of hydrogen-bond donors (Lipinski definition) is 4. The minimum absolute atomic E-state index is 0.123. The molecular formula is C4H11NO3. The average Bonchev–Trinajstić information content (AvgIpc) is 1.67. The molecule has 8 heavy (non-hydrogen) atoms. The quantitative estimate of drug-likeness (QED) is 0.325. The van der Waals surface area contributed by atoms with Gasteiger partial charge < -0.3 is 21.1 Å². The summed E-state index contributed by atoms with van der Waals surface area (Å²) in [7, 11) is 0. The van der Waals surface area contributed by atoms with Crippen molar-refractivity contribution in [1.29, 1.82) is 0 Å². The summed E-state index contributed by atoms with van der Waals surface area (Å²) in [6.07, 6.45) is -2.11. The van der Waals surface area contributed by atoms with Crippen molar-refractivity contribution in [2.75, 3.05) is 6.61 Å². The van der Waals surface area contributed by atoms with Gasteiger partial charge in [0.2, 0.25) is 0 Å². The summed E-state index contributed by atoms with van der Waals surface area (Å²) in [5.74, 6) is 0. The summed E-state index contributed by atoms with van der Waals surface area (Å²) in [6.45, 7) is -0.157. The molecule has 0 fully saturated rings. The van der Waals surface area contributed by atoms with E-state index in [2.05, 4.69) is 0 Å². The van der Waals surface area contributed by atoms with Gasteiger partial charge in [-0.2, -0.15) is 0 Å². The first-order valence-electron chi connectivity index (χ1n) is 2.41. The summed E-state index contributed by atoms with van der Waals surface area (Å²) in [5, 5.41) is 25.1. The Hall–Kier alpha value is -0.160. The van der Waals surface area contributed by atoms with Crippen LogP contribution in [0.4, 0.5) is 0 Å². The van der Waals surface area contributed by atoms with Crippen molar-refractivity contribution in [3.8, 4) is 0 Å². The molecule has 0 spiro atoms. The van der Waals surface area contributed by atoms with E-state index in [1.807, 2.05) is 0 Å². The zero-order chi connectivity index (χ0) is 6.57. The molecule has 50 valence electrons. The van der Waals surface area contributed by atoms with Crippen LogP contribution in [0.5, 0.6) is 0 Å². The van der Waals surface area contributed by atoms with Gasteiger partial charge in [0.1, 0.15) is 6.23 Å². The monoisotopic (exact) mass is 121 g/mol. The first kappa shape index (κ1) is 7.84. The molecule has 0 aliphatic carbocycles. The smallest absolute Gasteiger partial charge is 0.128 e. The maximum atomic E-state index is 8.59. The van der Waals surface area contributed by atoms with Crippen molar-refractivity contribution in [2.45, 2.75) is 18.8 Å². The predicted octanol–water partition coefficient (Wildman–Crippen LogP) is -1.99. The van der Waals surface area contributed by atoms with Crippen LogP contribution in [0.3, 0.4) is 0 Å². The zero-order valence-corrected chi connectivity index (χ0v) is 4.49. The first-order valence-corrected chi connectivity index (χ1v) is 2.41. The number of rotatable bonds is 3. The van der Waals surface area contributed by atoms with Crippen molar-refractivity contribution in [2.24, 2.45) is 5.73 Å². The molecule has 0 bridgehead atoms. The van der Waals surface area contributed by atoms with Gasteiger partial charge in [0.05, 0.1) is 6.10 Å². The lowest BCUT2D eigenvalue weighted by Gasteiger charge is -2.10. The number of nitrogens with two attached hydrogens (primary N) is 1. The van der Waals surface area contributed by atoms with Crippen LogP contribution in [0.1, 0.15) is 6.42 Å². The summed E-state index contributed by atoms with van der Waals surface area (Å²) in [6, 6.07) is 0. The maximum absolute atomic E-state index is 8.59. The van der Waals surface area contributed by atoms with Crippen LogP contribution < -0.4 is 5.73 Å². The Bertz CT molecular complexity index is 57.2. The third kappa shape index (κ3) is 2.92. The standard InChI is InChI=1S/C4H11NO3/c5-4(8)3(7)1-2-6/h3-4,6-8H,1-2,5H2. The lowest BCUT2D eigenvalue weighted by molar-refractivity contribution is 0.00930. The van der Waals surface area contributed by atoms with E-state index in [0.717, 1.165) is 0 Å². The van der Waals surface area contributed by atoms with E-state index in [4.69, 9.17) is 21.1 Å². The molecule has 0 aromatic rings. The first-order chi connectivity index (χ1) is 3.68. The summed E-state index contributed by atoms with van der Waals surface area (Å²) in [4.78, 5) is 0. The highest BCUT2D eigenvalue weighted by atomic mass is 16.3. The highest BCUT2D eigenvalue weighted by Crippen LogP contribution is 1.90. The molecule has 2 unspecified atom stereocenters. The summed E-state index contributed by atoms with van der Waals surface area (Å²) >= 11 is 0. The zero-order valence-electron chi connectivity index (χ0n) is 4.49. The number of aliphatic hydroxyl groups is 3. The van der Waals surface area contributed by atoms with Gasteiger partial charge in [-0.1, -0.05) is 0 Å². The molecule has 0 aliphatic heterocycles. The fourth-order valence-electron chi connectivity index (χ4n) is 0.303. The lowest BCUT2D eigenvalue weighted by atomic mass is 10.2. The van der Waals surface area contributed by atoms with Crippen LogP contribution in [0.15, 0.2) is 0 Å². The Labute approximate surface area is 47.6 Å². The molecule has 0 aliphatic rings. The van der Waals surface area contributed by atoms with Gasteiger partial charge >= 0.3 is 0 Å². The normalized spacial score (nSPS) is 18.0. The Kier molecular flexibility index (Phi) is 3.72. The largest absolute Gasteiger partial charge is 0.396 e. The van der Waals surface area contributed by atoms with E-state index in [9.17, 15) is 0 Å². The van der Waals surface area contributed by atoms with Crippen LogP contribution in [-0.2, 0) is 0 Å². The van der Waals surface area contributed by atoms with Crippen molar-refractivity contribution in [3.63, 3.8) is 0 Å². The van der Waals surface area contributed by atoms with Crippen LogP contribution >= 0.6 is 0 Å². The molecule has 5 N–H and O–H groups in total. The minimum atomic E-state index is -1.23. The molecule has 4 nitrogen and oxygen atoms in total. The van der Waals surface area contributed by atoms with E-state index in [0.29, 0.717) is 0 Å². The summed E-state index contributed by atoms with van der Waals surface area (Å²) < 4.78 is 0. The fourth-order valence-corrected chi connectivity index (χ4v) is 0.303. The molecule has 0 aromatic carbocycles. The number of aliphatic hydroxyl groups excluding tert-OH is 3. The van der Waals surface area contributed by atoms with Crippen molar-refractivity contribution in [3.05, 3.63) is 0 Å². The molecule has 0 saturated carbocycles. The molecule has 0 heterocycles. The molecule has 2 atom stereocenters. The van der Waals surface area contributed by atoms with Crippen molar-refractivity contribution < 1.29 is 15.3 Å². The molecule has 0 rings (SSSR count). The van der Waals surface area contributed by atoms with E-state index >= 15 is 0 Å². The van der Waals surface area contributed by atoms with Gasteiger partial charge in [0, 0.05) is 13.0 Å². The lowest BCUT2D eigenvalue weighted by Crippen LogP contribution is -2.34. The third-order valence-corrected chi connectivity index (χ3v) is 0.819. The van der Waals surface area contributed by atoms with E-state index in [-0.39, 0.29) is 13.0 Å². The van der Waals surface area contributed by atoms with E-state index < -0.39 is 12.3 Å². The van der Waals surface area contributed by atoms with Gasteiger partial charge in [-0.15, -0.1) is 0 Å². The topological polar surface area (TPSA) is 86.7 Å². The Balaban J connectivity index is 3.17. The predicted molar refractivity (Wildman–Crippen MR) is 27.9 cm³/mol. The second kappa shape index (κ2) is 3.80. The van der Waals surface area contributed by atoms with Crippen LogP contribution in [0, 0.1) is 0 Å². The van der Waals surface area contributed by atoms with Gasteiger partial charge in [-0.25, -0.2) is 0 Å². The Morgan fingerprint density at radius 1 is 1.38 bits per heavy atom. The number of hydrogen-bond acceptors (Lipinski definition) is 4. The second-order valence-corrected chi connectivity index (χ2v) is 1.57. The summed E-state index contributed by atoms with van der Waals surface area (Å²) in [5.41, 5.74) is 4.82. The van der Waals surface area contributed by atoms with Crippen LogP contribution in [0.25, 0.3) is 0 Å². The Morgan fingerprint density at radius 2 is 1.88 bits per heavy atom. The van der Waals surface area contributed by atoms with E-state index in [1.54, 1.807) is 0 Å². The van der Waals surface area contributed by atoms with Gasteiger partial charge in [0.25, 0.3) is 0 Å². The highest BCUT2D eigenvalue weighted by molar-refractivity contribution is 4.58. The minimum Gasteiger partial charge on any atom is -0.396 e. The van der Waals surface area contributed by atoms with E-state index in [1.165, 1.54) is 0 Å². The molecule has 4 heteroatoms. The molecular weight excluding hydrogens is 110 g/mol. The average molecular weight is 121 g/mol. The van der Waals surface area contributed by atoms with Gasteiger partial charge in [-0.3, -0.25) is 0 Å². The highest BCUT2D eigenvalue weighted by Gasteiger charge is 2.08. The van der Waals surface area contributed by atoms with Gasteiger partial charge in [0.15, 0.2) is 0 Å². The molecule has 0 amide bonds. The molecule has 0 saturated heterocycles. The van der Waals surface area contributed by atoms with Gasteiger partial charge in [-0.05, 0) is 0 Å². The molecule has 0 radical (unpaired) electrons. The van der Waals surface area contributed by atoms with Crippen molar-refractivity contribution >= 4 is 0 Å². The van der Waals surface area contributed by atoms with Crippen LogP contribution in [-0.4, -0.2) is 34.3 Å². The maximum Gasteiger partial charge on any atom is 0.128 e. The molecule has 0 aromatic heterocycles. The second-order valence-electron chi connectivity index (χ2n) is 1.57.